The molecule has 0 amide bonds. The molecule has 1 atom stereocenters. The minimum atomic E-state index is -1.77. The zero-order valence-electron chi connectivity index (χ0n) is 17.3. The standard InChI is InChI=1S/C24H32O3/c1-17(2)9-6-10-18(3)11-7-12-19(4)15-16-24(26)23(25)22-20(5)13-8-14-21(22)27-24/h8-9,11,13-15,26H,6-7,10,12,16H2,1-5H3/t24-/m0/s1. The molecule has 27 heavy (non-hydrogen) atoms. The number of aliphatic hydroxyl groups is 1. The highest BCUT2D eigenvalue weighted by atomic mass is 16.6. The fourth-order valence-electron chi connectivity index (χ4n) is 3.23. The Morgan fingerprint density at radius 1 is 1.04 bits per heavy atom. The van der Waals surface area contributed by atoms with Gasteiger partial charge in [-0.1, -0.05) is 47.1 Å². The second kappa shape index (κ2) is 9.18. The Morgan fingerprint density at radius 2 is 1.67 bits per heavy atom. The van der Waals surface area contributed by atoms with Crippen LogP contribution in [0.25, 0.3) is 0 Å². The van der Waals surface area contributed by atoms with E-state index in [0.29, 0.717) is 11.3 Å². The van der Waals surface area contributed by atoms with Crippen LogP contribution in [0.1, 0.15) is 75.7 Å². The van der Waals surface area contributed by atoms with E-state index < -0.39 is 5.79 Å². The second-order valence-electron chi connectivity index (χ2n) is 7.83. The molecule has 1 N–H and O–H groups in total. The van der Waals surface area contributed by atoms with Crippen LogP contribution in [0.5, 0.6) is 5.75 Å². The average molecular weight is 369 g/mol. The van der Waals surface area contributed by atoms with Gasteiger partial charge in [0, 0.05) is 6.42 Å². The van der Waals surface area contributed by atoms with E-state index >= 15 is 0 Å². The Balaban J connectivity index is 1.88. The zero-order chi connectivity index (χ0) is 20.0. The smallest absolute Gasteiger partial charge is 0.276 e. The highest BCUT2D eigenvalue weighted by Gasteiger charge is 2.46. The Morgan fingerprint density at radius 3 is 2.30 bits per heavy atom. The number of aryl methyl sites for hydroxylation is 1. The van der Waals surface area contributed by atoms with Crippen LogP contribution in [-0.2, 0) is 0 Å². The van der Waals surface area contributed by atoms with Gasteiger partial charge in [0.15, 0.2) is 0 Å². The molecule has 3 nitrogen and oxygen atoms in total. The molecule has 0 saturated heterocycles. The van der Waals surface area contributed by atoms with E-state index in [1.54, 1.807) is 6.07 Å². The van der Waals surface area contributed by atoms with E-state index in [2.05, 4.69) is 32.9 Å². The third-order valence-electron chi connectivity index (χ3n) is 4.95. The molecule has 0 spiro atoms. The van der Waals surface area contributed by atoms with Crippen LogP contribution < -0.4 is 4.74 Å². The van der Waals surface area contributed by atoms with Gasteiger partial charge in [-0.15, -0.1) is 0 Å². The molecule has 0 aromatic heterocycles. The maximum absolute atomic E-state index is 12.6. The van der Waals surface area contributed by atoms with Crippen molar-refractivity contribution in [3.8, 4) is 5.75 Å². The summed E-state index contributed by atoms with van der Waals surface area (Å²) in [7, 11) is 0. The molecule has 146 valence electrons. The van der Waals surface area contributed by atoms with Crippen molar-refractivity contribution in [3.05, 3.63) is 64.3 Å². The molecular weight excluding hydrogens is 336 g/mol. The SMILES string of the molecule is CC(C)=CCCC(C)=CCCC(C)=CC[C@]1(O)Oc2cccc(C)c2C1=O. The first-order valence-electron chi connectivity index (χ1n) is 9.73. The van der Waals surface area contributed by atoms with E-state index in [1.807, 2.05) is 32.1 Å². The normalized spacial score (nSPS) is 19.7. The molecule has 0 unspecified atom stereocenters. The number of carbonyl (C=O) groups is 1. The lowest BCUT2D eigenvalue weighted by Crippen LogP contribution is -2.39. The van der Waals surface area contributed by atoms with Gasteiger partial charge in [0.2, 0.25) is 5.78 Å². The van der Waals surface area contributed by atoms with Crippen LogP contribution in [0.3, 0.4) is 0 Å². The van der Waals surface area contributed by atoms with E-state index in [4.69, 9.17) is 4.74 Å². The number of allylic oxidation sites excluding steroid dienone is 5. The number of hydrogen-bond acceptors (Lipinski definition) is 3. The van der Waals surface area contributed by atoms with Crippen molar-refractivity contribution in [1.82, 2.24) is 0 Å². The lowest BCUT2D eigenvalue weighted by Gasteiger charge is -2.19. The van der Waals surface area contributed by atoms with E-state index in [1.165, 1.54) is 11.1 Å². The quantitative estimate of drug-likeness (QED) is 0.567. The lowest BCUT2D eigenvalue weighted by atomic mass is 9.98. The molecular formula is C24H32O3. The Bertz CT molecular complexity index is 779. The maximum atomic E-state index is 12.6. The molecule has 2 rings (SSSR count). The molecule has 1 aromatic rings. The number of hydrogen-bond donors (Lipinski definition) is 1. The number of fused-ring (bicyclic) bond motifs is 1. The van der Waals surface area contributed by atoms with E-state index in [9.17, 15) is 9.90 Å². The third kappa shape index (κ3) is 5.67. The number of rotatable bonds is 8. The van der Waals surface area contributed by atoms with E-state index in [0.717, 1.165) is 36.8 Å². The molecule has 0 saturated carbocycles. The average Bonchev–Trinajstić information content (AvgIpc) is 2.85. The maximum Gasteiger partial charge on any atom is 0.276 e. The van der Waals surface area contributed by atoms with Crippen LogP contribution in [-0.4, -0.2) is 16.7 Å². The van der Waals surface area contributed by atoms with Gasteiger partial charge in [-0.2, -0.15) is 0 Å². The van der Waals surface area contributed by atoms with Crippen molar-refractivity contribution in [2.24, 2.45) is 0 Å². The predicted molar refractivity (Wildman–Crippen MR) is 111 cm³/mol. The van der Waals surface area contributed by atoms with Gasteiger partial charge < -0.3 is 9.84 Å². The Labute approximate surface area is 163 Å². The fourth-order valence-corrected chi connectivity index (χ4v) is 3.23. The molecule has 1 heterocycles. The summed E-state index contributed by atoms with van der Waals surface area (Å²) in [5.41, 5.74) is 5.25. The molecule has 0 fully saturated rings. The number of ether oxygens (including phenoxy) is 1. The zero-order valence-corrected chi connectivity index (χ0v) is 17.3. The van der Waals surface area contributed by atoms with Gasteiger partial charge in [0.25, 0.3) is 5.79 Å². The highest BCUT2D eigenvalue weighted by molar-refractivity contribution is 6.07. The molecule has 0 bridgehead atoms. The number of carbonyl (C=O) groups excluding carboxylic acids is 1. The molecule has 0 radical (unpaired) electrons. The summed E-state index contributed by atoms with van der Waals surface area (Å²) in [6, 6.07) is 5.43. The number of ketones is 1. The van der Waals surface area contributed by atoms with Crippen molar-refractivity contribution in [1.29, 1.82) is 0 Å². The van der Waals surface area contributed by atoms with E-state index in [-0.39, 0.29) is 12.2 Å². The molecule has 0 aliphatic carbocycles. The minimum absolute atomic E-state index is 0.176. The first-order valence-corrected chi connectivity index (χ1v) is 9.73. The van der Waals surface area contributed by atoms with Crippen molar-refractivity contribution in [3.63, 3.8) is 0 Å². The van der Waals surface area contributed by atoms with Crippen LogP contribution in [0, 0.1) is 6.92 Å². The predicted octanol–water partition coefficient (Wildman–Crippen LogP) is 6.07. The summed E-state index contributed by atoms with van der Waals surface area (Å²) in [4.78, 5) is 12.6. The first-order chi connectivity index (χ1) is 12.7. The summed E-state index contributed by atoms with van der Waals surface area (Å²) in [6.45, 7) is 10.3. The Kier molecular flexibility index (Phi) is 7.20. The van der Waals surface area contributed by atoms with Crippen molar-refractivity contribution < 1.29 is 14.6 Å². The van der Waals surface area contributed by atoms with Crippen LogP contribution in [0.4, 0.5) is 0 Å². The van der Waals surface area contributed by atoms with Crippen molar-refractivity contribution in [2.45, 2.75) is 72.5 Å². The van der Waals surface area contributed by atoms with Gasteiger partial charge in [-0.3, -0.25) is 4.79 Å². The van der Waals surface area contributed by atoms with Crippen LogP contribution in [0.2, 0.25) is 0 Å². The fraction of sp³-hybridized carbons (Fsp3) is 0.458. The largest absolute Gasteiger partial charge is 0.453 e. The van der Waals surface area contributed by atoms with Crippen LogP contribution >= 0.6 is 0 Å². The summed E-state index contributed by atoms with van der Waals surface area (Å²) in [5.74, 6) is -1.63. The lowest BCUT2D eigenvalue weighted by molar-refractivity contribution is -0.0871. The summed E-state index contributed by atoms with van der Waals surface area (Å²) in [6.07, 6.45) is 10.7. The second-order valence-corrected chi connectivity index (χ2v) is 7.83. The minimum Gasteiger partial charge on any atom is -0.453 e. The monoisotopic (exact) mass is 368 g/mol. The summed E-state index contributed by atoms with van der Waals surface area (Å²) < 4.78 is 5.59. The topological polar surface area (TPSA) is 46.5 Å². The number of Topliss-reactive ketones (excluding diaryl/α,β-unsaturated/α-hetero) is 1. The third-order valence-corrected chi connectivity index (χ3v) is 4.95. The molecule has 1 aliphatic heterocycles. The molecule has 1 aromatic carbocycles. The van der Waals surface area contributed by atoms with Crippen LogP contribution in [0.15, 0.2) is 53.1 Å². The molecule has 3 heteroatoms. The van der Waals surface area contributed by atoms with Gasteiger partial charge in [-0.25, -0.2) is 0 Å². The van der Waals surface area contributed by atoms with Gasteiger partial charge >= 0.3 is 0 Å². The summed E-state index contributed by atoms with van der Waals surface area (Å²) >= 11 is 0. The number of benzene rings is 1. The van der Waals surface area contributed by atoms with Gasteiger partial charge in [0.05, 0.1) is 5.56 Å². The van der Waals surface area contributed by atoms with Gasteiger partial charge in [-0.05, 0) is 71.9 Å². The highest BCUT2D eigenvalue weighted by Crippen LogP contribution is 2.37. The first kappa shape index (κ1) is 21.2. The van der Waals surface area contributed by atoms with Crippen molar-refractivity contribution >= 4 is 5.78 Å². The van der Waals surface area contributed by atoms with Gasteiger partial charge in [0.1, 0.15) is 5.75 Å². The summed E-state index contributed by atoms with van der Waals surface area (Å²) in [5, 5.41) is 10.7. The molecule has 1 aliphatic rings. The Hall–Kier alpha value is -2.13. The van der Waals surface area contributed by atoms with Crippen molar-refractivity contribution in [2.75, 3.05) is 0 Å².